The lowest BCUT2D eigenvalue weighted by Gasteiger charge is -2.26. The Hall–Kier alpha value is -1.97. The Morgan fingerprint density at radius 2 is 2.25 bits per heavy atom. The zero-order valence-electron chi connectivity index (χ0n) is 8.44. The van der Waals surface area contributed by atoms with Crippen LogP contribution >= 0.6 is 0 Å². The van der Waals surface area contributed by atoms with Crippen molar-refractivity contribution < 1.29 is 13.5 Å². The molecule has 0 spiro atoms. The molecule has 1 unspecified atom stereocenters. The summed E-state index contributed by atoms with van der Waals surface area (Å²) in [7, 11) is 0. The number of hydrogen-bond acceptors (Lipinski definition) is 3. The maximum Gasteiger partial charge on any atom is 0.144 e. The zero-order valence-corrected chi connectivity index (χ0v) is 8.44. The Bertz CT molecular complexity index is 496. The van der Waals surface area contributed by atoms with Gasteiger partial charge in [0.2, 0.25) is 0 Å². The van der Waals surface area contributed by atoms with Gasteiger partial charge in [-0.1, -0.05) is 0 Å². The number of furan rings is 1. The van der Waals surface area contributed by atoms with Crippen molar-refractivity contribution in [3.05, 3.63) is 48.2 Å². The van der Waals surface area contributed by atoms with Gasteiger partial charge in [0, 0.05) is 11.6 Å². The van der Waals surface area contributed by atoms with E-state index in [1.54, 1.807) is 18.6 Å². The molecular weight excluding hydrogens is 209 g/mol. The smallest absolute Gasteiger partial charge is 0.144 e. The van der Waals surface area contributed by atoms with Gasteiger partial charge in [0.25, 0.3) is 0 Å². The van der Waals surface area contributed by atoms with Gasteiger partial charge >= 0.3 is 0 Å². The van der Waals surface area contributed by atoms with Crippen LogP contribution in [0, 0.1) is 5.82 Å². The molecule has 0 saturated carbocycles. The highest BCUT2D eigenvalue weighted by molar-refractivity contribution is 5.58. The van der Waals surface area contributed by atoms with Crippen LogP contribution in [0.4, 0.5) is 10.1 Å². The fourth-order valence-electron chi connectivity index (χ4n) is 1.78. The fraction of sp³-hybridized carbons (Fsp3) is 0.167. The van der Waals surface area contributed by atoms with Gasteiger partial charge in [-0.25, -0.2) is 4.39 Å². The molecule has 1 atom stereocenters. The normalized spacial score (nSPS) is 18.4. The van der Waals surface area contributed by atoms with Gasteiger partial charge in [-0.15, -0.1) is 0 Å². The van der Waals surface area contributed by atoms with E-state index in [9.17, 15) is 4.39 Å². The molecule has 3 nitrogen and oxygen atoms in total. The van der Waals surface area contributed by atoms with Crippen molar-refractivity contribution in [2.75, 3.05) is 11.9 Å². The second-order valence-electron chi connectivity index (χ2n) is 3.68. The van der Waals surface area contributed by atoms with Crippen LogP contribution in [-0.2, 0) is 0 Å². The van der Waals surface area contributed by atoms with E-state index in [1.807, 2.05) is 6.07 Å². The predicted octanol–water partition coefficient (Wildman–Crippen LogP) is 2.96. The molecule has 0 fully saturated rings. The Morgan fingerprint density at radius 1 is 1.31 bits per heavy atom. The van der Waals surface area contributed by atoms with Crippen LogP contribution in [0.5, 0.6) is 5.75 Å². The Kier molecular flexibility index (Phi) is 2.06. The quantitative estimate of drug-likeness (QED) is 0.800. The molecule has 0 bridgehead atoms. The summed E-state index contributed by atoms with van der Waals surface area (Å²) in [6.07, 6.45) is 3.18. The number of benzene rings is 1. The largest absolute Gasteiger partial charge is 0.482 e. The molecule has 3 rings (SSSR count). The lowest BCUT2D eigenvalue weighted by molar-refractivity contribution is 0.209. The molecule has 2 aromatic rings. The monoisotopic (exact) mass is 219 g/mol. The van der Waals surface area contributed by atoms with Gasteiger partial charge in [0.15, 0.2) is 0 Å². The van der Waals surface area contributed by atoms with Gasteiger partial charge in [-0.2, -0.15) is 0 Å². The van der Waals surface area contributed by atoms with Crippen LogP contribution in [0.15, 0.2) is 41.2 Å². The fourth-order valence-corrected chi connectivity index (χ4v) is 1.78. The van der Waals surface area contributed by atoms with E-state index < -0.39 is 0 Å². The molecule has 1 aliphatic rings. The predicted molar refractivity (Wildman–Crippen MR) is 57.0 cm³/mol. The van der Waals surface area contributed by atoms with Crippen LogP contribution in [0.1, 0.15) is 11.7 Å². The van der Waals surface area contributed by atoms with E-state index in [-0.39, 0.29) is 11.9 Å². The van der Waals surface area contributed by atoms with E-state index in [2.05, 4.69) is 5.32 Å². The summed E-state index contributed by atoms with van der Waals surface area (Å²) in [4.78, 5) is 0. The summed E-state index contributed by atoms with van der Waals surface area (Å²) < 4.78 is 23.7. The standard InChI is InChI=1S/C12H10FNO2/c13-9-1-2-11-10(5-9)14-6-12(16-11)8-3-4-15-7-8/h1-5,7,12,14H,6H2. The molecule has 1 aromatic heterocycles. The van der Waals surface area contributed by atoms with Crippen LogP contribution in [0.2, 0.25) is 0 Å². The third kappa shape index (κ3) is 1.52. The lowest BCUT2D eigenvalue weighted by Crippen LogP contribution is -2.23. The molecule has 1 aromatic carbocycles. The summed E-state index contributed by atoms with van der Waals surface area (Å²) >= 11 is 0. The Balaban J connectivity index is 1.89. The summed E-state index contributed by atoms with van der Waals surface area (Å²) in [6, 6.07) is 6.31. The van der Waals surface area contributed by atoms with E-state index in [1.165, 1.54) is 12.1 Å². The minimum Gasteiger partial charge on any atom is -0.482 e. The van der Waals surface area contributed by atoms with Crippen molar-refractivity contribution in [2.45, 2.75) is 6.10 Å². The molecule has 1 aliphatic heterocycles. The first-order valence-electron chi connectivity index (χ1n) is 5.05. The van der Waals surface area contributed by atoms with Gasteiger partial charge in [0.1, 0.15) is 17.7 Å². The average molecular weight is 219 g/mol. The molecule has 0 radical (unpaired) electrons. The van der Waals surface area contributed by atoms with Crippen LogP contribution in [0.25, 0.3) is 0 Å². The first kappa shape index (κ1) is 9.27. The molecule has 1 N–H and O–H groups in total. The van der Waals surface area contributed by atoms with Crippen molar-refractivity contribution in [1.82, 2.24) is 0 Å². The number of fused-ring (bicyclic) bond motifs is 1. The summed E-state index contributed by atoms with van der Waals surface area (Å²) in [6.45, 7) is 0.607. The van der Waals surface area contributed by atoms with Gasteiger partial charge in [0.05, 0.1) is 24.8 Å². The molecule has 2 heterocycles. The lowest BCUT2D eigenvalue weighted by atomic mass is 10.1. The average Bonchev–Trinajstić information content (AvgIpc) is 2.82. The molecule has 0 amide bonds. The van der Waals surface area contributed by atoms with Crippen LogP contribution in [0.3, 0.4) is 0 Å². The van der Waals surface area contributed by atoms with E-state index in [4.69, 9.17) is 9.15 Å². The Labute approximate surface area is 91.8 Å². The number of anilines is 1. The van der Waals surface area contributed by atoms with Crippen LogP contribution in [-0.4, -0.2) is 6.54 Å². The second-order valence-corrected chi connectivity index (χ2v) is 3.68. The summed E-state index contributed by atoms with van der Waals surface area (Å²) in [5.41, 5.74) is 1.67. The number of ether oxygens (including phenoxy) is 1. The van der Waals surface area contributed by atoms with Crippen molar-refractivity contribution >= 4 is 5.69 Å². The molecular formula is C12H10FNO2. The van der Waals surface area contributed by atoms with Crippen molar-refractivity contribution in [2.24, 2.45) is 0 Å². The number of rotatable bonds is 1. The second kappa shape index (κ2) is 3.56. The maximum absolute atomic E-state index is 13.0. The third-order valence-corrected chi connectivity index (χ3v) is 2.60. The number of hydrogen-bond donors (Lipinski definition) is 1. The molecule has 4 heteroatoms. The van der Waals surface area contributed by atoms with E-state index in [0.717, 1.165) is 5.56 Å². The summed E-state index contributed by atoms with van der Waals surface area (Å²) in [5.74, 6) is 0.399. The van der Waals surface area contributed by atoms with Crippen LogP contribution < -0.4 is 10.1 Å². The molecule has 82 valence electrons. The van der Waals surface area contributed by atoms with Crippen molar-refractivity contribution in [3.63, 3.8) is 0 Å². The maximum atomic E-state index is 13.0. The van der Waals surface area contributed by atoms with Gasteiger partial charge in [-0.05, 0) is 18.2 Å². The summed E-state index contributed by atoms with van der Waals surface area (Å²) in [5, 5.41) is 3.14. The number of nitrogens with one attached hydrogen (secondary N) is 1. The minimum absolute atomic E-state index is 0.0864. The molecule has 0 aliphatic carbocycles. The first-order chi connectivity index (χ1) is 7.83. The number of halogens is 1. The SMILES string of the molecule is Fc1ccc2c(c1)NCC(c1ccoc1)O2. The third-order valence-electron chi connectivity index (χ3n) is 2.60. The van der Waals surface area contributed by atoms with Crippen molar-refractivity contribution in [1.29, 1.82) is 0 Å². The van der Waals surface area contributed by atoms with E-state index >= 15 is 0 Å². The van der Waals surface area contributed by atoms with Gasteiger partial charge < -0.3 is 14.5 Å². The highest BCUT2D eigenvalue weighted by atomic mass is 19.1. The Morgan fingerprint density at radius 3 is 3.06 bits per heavy atom. The molecule has 16 heavy (non-hydrogen) atoms. The van der Waals surface area contributed by atoms with Crippen molar-refractivity contribution in [3.8, 4) is 5.75 Å². The topological polar surface area (TPSA) is 34.4 Å². The highest BCUT2D eigenvalue weighted by Gasteiger charge is 2.21. The molecule has 0 saturated heterocycles. The van der Waals surface area contributed by atoms with Gasteiger partial charge in [-0.3, -0.25) is 0 Å². The van der Waals surface area contributed by atoms with E-state index in [0.29, 0.717) is 18.0 Å². The first-order valence-corrected chi connectivity index (χ1v) is 5.05. The minimum atomic E-state index is -0.267. The zero-order chi connectivity index (χ0) is 11.0. The highest BCUT2D eigenvalue weighted by Crippen LogP contribution is 2.34.